The summed E-state index contributed by atoms with van der Waals surface area (Å²) in [6.07, 6.45) is 2.55. The number of nitrogens with two attached hydrogens (primary N) is 2. The number of anilines is 2. The Bertz CT molecular complexity index is 1180. The summed E-state index contributed by atoms with van der Waals surface area (Å²) in [5.41, 5.74) is 17.4. The Kier molecular flexibility index (Phi) is 5.51. The monoisotopic (exact) mass is 453 g/mol. The second-order valence-electron chi connectivity index (χ2n) is 9.00. The highest BCUT2D eigenvalue weighted by atomic mass is 32.1. The van der Waals surface area contributed by atoms with Crippen molar-refractivity contribution in [2.24, 2.45) is 11.7 Å². The number of nitrogens with zero attached hydrogens (tertiary/aromatic N) is 2. The molecule has 1 fully saturated rings. The van der Waals surface area contributed by atoms with Gasteiger partial charge in [0.1, 0.15) is 9.71 Å². The summed E-state index contributed by atoms with van der Waals surface area (Å²) in [7, 11) is 0. The molecular weight excluding hydrogens is 425 g/mol. The number of benzene rings is 1. The minimum Gasteiger partial charge on any atom is -0.397 e. The van der Waals surface area contributed by atoms with E-state index < -0.39 is 0 Å². The molecule has 3 aromatic rings. The molecule has 1 aliphatic carbocycles. The Balaban J connectivity index is 1.28. The molecule has 0 unspecified atom stereocenters. The molecule has 0 spiro atoms. The summed E-state index contributed by atoms with van der Waals surface area (Å²) >= 11 is 1.35. The summed E-state index contributed by atoms with van der Waals surface area (Å²) < 4.78 is 13.1. The van der Waals surface area contributed by atoms with Crippen molar-refractivity contribution in [3.05, 3.63) is 52.0 Å². The Morgan fingerprint density at radius 1 is 1.28 bits per heavy atom. The number of nitrogen functional groups attached to an aromatic ring is 1. The number of hydrogen-bond acceptors (Lipinski definition) is 6. The molecule has 1 aromatic carbocycles. The maximum atomic E-state index is 13.1. The molecule has 1 saturated heterocycles. The number of rotatable bonds is 4. The van der Waals surface area contributed by atoms with Gasteiger partial charge in [0.2, 0.25) is 0 Å². The van der Waals surface area contributed by atoms with Crippen molar-refractivity contribution in [2.45, 2.75) is 38.3 Å². The normalized spacial score (nSPS) is 22.8. The fourth-order valence-corrected chi connectivity index (χ4v) is 5.88. The maximum absolute atomic E-state index is 13.1. The van der Waals surface area contributed by atoms with Gasteiger partial charge in [-0.1, -0.05) is 6.07 Å². The first-order chi connectivity index (χ1) is 15.4. The molecule has 0 bridgehead atoms. The number of carbonyl (C=O) groups is 1. The first-order valence-corrected chi connectivity index (χ1v) is 11.9. The van der Waals surface area contributed by atoms with E-state index in [1.54, 1.807) is 0 Å². The largest absolute Gasteiger partial charge is 0.397 e. The van der Waals surface area contributed by atoms with Gasteiger partial charge in [0.15, 0.2) is 0 Å². The van der Waals surface area contributed by atoms with Crippen LogP contribution in [0.1, 0.15) is 32.9 Å². The fourth-order valence-electron chi connectivity index (χ4n) is 4.84. The van der Waals surface area contributed by atoms with Gasteiger partial charge < -0.3 is 21.7 Å². The molecule has 5 N–H and O–H groups in total. The van der Waals surface area contributed by atoms with Crippen molar-refractivity contribution in [3.63, 3.8) is 0 Å². The van der Waals surface area contributed by atoms with Crippen LogP contribution in [0.25, 0.3) is 10.2 Å². The summed E-state index contributed by atoms with van der Waals surface area (Å²) in [4.78, 5) is 21.0. The highest BCUT2D eigenvalue weighted by Crippen LogP contribution is 2.33. The standard InChI is InChI=1S/C24H28FN5OS/c1-13-2-7-19-21(27)22(32-24(19)28-13)23(31)29-17-5-3-15-9-18(6-4-14(15)8-17)30-11-16(10-25)20(26)12-30/h2,4,6-7,9,16-17,20H,3,5,8,10-12,26-27H2,1H3,(H,29,31)/t16-,17-,20+/m0/s1. The van der Waals surface area contributed by atoms with Crippen molar-refractivity contribution in [2.75, 3.05) is 30.4 Å². The molecule has 32 heavy (non-hydrogen) atoms. The number of halogens is 1. The Hall–Kier alpha value is -2.71. The van der Waals surface area contributed by atoms with Gasteiger partial charge >= 0.3 is 0 Å². The third kappa shape index (κ3) is 3.82. The van der Waals surface area contributed by atoms with Gasteiger partial charge in [-0.05, 0) is 61.6 Å². The first-order valence-electron chi connectivity index (χ1n) is 11.1. The van der Waals surface area contributed by atoms with Gasteiger partial charge in [-0.3, -0.25) is 9.18 Å². The molecule has 6 nitrogen and oxygen atoms in total. The third-order valence-corrected chi connectivity index (χ3v) is 7.86. The van der Waals surface area contributed by atoms with E-state index in [1.807, 2.05) is 19.1 Å². The van der Waals surface area contributed by atoms with Crippen LogP contribution < -0.4 is 21.7 Å². The lowest BCUT2D eigenvalue weighted by atomic mass is 9.87. The number of thiophene rings is 1. The van der Waals surface area contributed by atoms with Gasteiger partial charge in [0, 0.05) is 47.9 Å². The third-order valence-electron chi connectivity index (χ3n) is 6.75. The zero-order chi connectivity index (χ0) is 22.4. The lowest BCUT2D eigenvalue weighted by Crippen LogP contribution is -2.38. The van der Waals surface area contributed by atoms with Crippen LogP contribution in [0.3, 0.4) is 0 Å². The molecule has 2 aliphatic rings. The molecule has 1 amide bonds. The second-order valence-corrected chi connectivity index (χ2v) is 10.00. The lowest BCUT2D eigenvalue weighted by Gasteiger charge is -2.27. The number of aromatic nitrogens is 1. The van der Waals surface area contributed by atoms with Crippen LogP contribution in [0.15, 0.2) is 30.3 Å². The van der Waals surface area contributed by atoms with Crippen LogP contribution in [0.4, 0.5) is 15.8 Å². The highest BCUT2D eigenvalue weighted by molar-refractivity contribution is 7.21. The number of hydrogen-bond donors (Lipinski definition) is 3. The summed E-state index contributed by atoms with van der Waals surface area (Å²) in [5.74, 6) is -0.220. The average molecular weight is 454 g/mol. The predicted octanol–water partition coefficient (Wildman–Crippen LogP) is 3.21. The van der Waals surface area contributed by atoms with E-state index in [-0.39, 0.29) is 30.6 Å². The molecule has 0 radical (unpaired) electrons. The van der Waals surface area contributed by atoms with Crippen LogP contribution in [-0.2, 0) is 12.8 Å². The molecule has 1 aliphatic heterocycles. The molecule has 5 rings (SSSR count). The number of alkyl halides is 1. The zero-order valence-corrected chi connectivity index (χ0v) is 18.9. The van der Waals surface area contributed by atoms with E-state index in [4.69, 9.17) is 11.5 Å². The van der Waals surface area contributed by atoms with Gasteiger partial charge in [0.05, 0.1) is 12.4 Å². The van der Waals surface area contributed by atoms with Gasteiger partial charge in [0.25, 0.3) is 5.91 Å². The average Bonchev–Trinajstić information content (AvgIpc) is 3.32. The van der Waals surface area contributed by atoms with E-state index in [2.05, 4.69) is 33.4 Å². The van der Waals surface area contributed by atoms with E-state index in [1.165, 1.54) is 22.5 Å². The Morgan fingerprint density at radius 3 is 2.91 bits per heavy atom. The molecule has 168 valence electrons. The topological polar surface area (TPSA) is 97.3 Å². The van der Waals surface area contributed by atoms with Gasteiger partial charge in [-0.25, -0.2) is 4.98 Å². The SMILES string of the molecule is Cc1ccc2c(N)c(C(=O)N[C@H]3CCc4cc(N5C[C@H](CF)[C@H](N)C5)ccc4C3)sc2n1. The van der Waals surface area contributed by atoms with Crippen molar-refractivity contribution < 1.29 is 9.18 Å². The van der Waals surface area contributed by atoms with Crippen LogP contribution in [0.2, 0.25) is 0 Å². The van der Waals surface area contributed by atoms with Crippen molar-refractivity contribution in [1.29, 1.82) is 0 Å². The van der Waals surface area contributed by atoms with E-state index in [0.717, 1.165) is 40.9 Å². The number of carbonyl (C=O) groups excluding carboxylic acids is 1. The van der Waals surface area contributed by atoms with Crippen LogP contribution in [0, 0.1) is 12.8 Å². The molecule has 3 heterocycles. The Morgan fingerprint density at radius 2 is 2.12 bits per heavy atom. The quantitative estimate of drug-likeness (QED) is 0.564. The number of pyridine rings is 1. The summed E-state index contributed by atoms with van der Waals surface area (Å²) in [5, 5.41) is 4.01. The Labute approximate surface area is 190 Å². The molecular formula is C24H28FN5OS. The summed E-state index contributed by atoms with van der Waals surface area (Å²) in [6.45, 7) is 2.92. The fraction of sp³-hybridized carbons (Fsp3) is 0.417. The van der Waals surface area contributed by atoms with Crippen molar-refractivity contribution in [3.8, 4) is 0 Å². The molecule has 0 saturated carbocycles. The van der Waals surface area contributed by atoms with Crippen LogP contribution >= 0.6 is 11.3 Å². The predicted molar refractivity (Wildman–Crippen MR) is 128 cm³/mol. The number of fused-ring (bicyclic) bond motifs is 2. The van der Waals surface area contributed by atoms with Gasteiger partial charge in [-0.15, -0.1) is 11.3 Å². The van der Waals surface area contributed by atoms with E-state index in [9.17, 15) is 9.18 Å². The first kappa shape index (κ1) is 21.2. The van der Waals surface area contributed by atoms with Crippen LogP contribution in [-0.4, -0.2) is 42.7 Å². The number of amides is 1. The van der Waals surface area contributed by atoms with E-state index >= 15 is 0 Å². The lowest BCUT2D eigenvalue weighted by molar-refractivity contribution is 0.0938. The van der Waals surface area contributed by atoms with Crippen LogP contribution in [0.5, 0.6) is 0 Å². The summed E-state index contributed by atoms with van der Waals surface area (Å²) in [6, 6.07) is 10.2. The second kappa shape index (κ2) is 8.33. The minimum atomic E-state index is -0.371. The van der Waals surface area contributed by atoms with Crippen molar-refractivity contribution in [1.82, 2.24) is 10.3 Å². The smallest absolute Gasteiger partial charge is 0.263 e. The van der Waals surface area contributed by atoms with Gasteiger partial charge in [-0.2, -0.15) is 0 Å². The maximum Gasteiger partial charge on any atom is 0.263 e. The molecule has 8 heteroatoms. The number of nitrogens with one attached hydrogen (secondary N) is 1. The molecule has 2 aromatic heterocycles. The highest BCUT2D eigenvalue weighted by Gasteiger charge is 2.31. The molecule has 3 atom stereocenters. The van der Waals surface area contributed by atoms with E-state index in [0.29, 0.717) is 23.7 Å². The zero-order valence-electron chi connectivity index (χ0n) is 18.1. The number of aryl methyl sites for hydroxylation is 2. The van der Waals surface area contributed by atoms with Crippen molar-refractivity contribution >= 4 is 38.8 Å². The minimum absolute atomic E-state index is 0.0660.